The number of hydrogen-bond donors (Lipinski definition) is 3. The van der Waals surface area contributed by atoms with Gasteiger partial charge in [-0.25, -0.2) is 4.68 Å². The van der Waals surface area contributed by atoms with E-state index in [-0.39, 0.29) is 12.1 Å². The highest BCUT2D eigenvalue weighted by atomic mass is 16.4. The Hall–Kier alpha value is -4.12. The number of nitrogens with zero attached hydrogens (tertiary/aromatic N) is 2. The molecular formula is C22H20N4O4. The number of nitriles is 1. The second-order valence-electron chi connectivity index (χ2n) is 6.99. The third-order valence-corrected chi connectivity index (χ3v) is 4.70. The smallest absolute Gasteiger partial charge is 0.305 e. The van der Waals surface area contributed by atoms with Gasteiger partial charge in [-0.15, -0.1) is 0 Å². The lowest BCUT2D eigenvalue weighted by Gasteiger charge is -2.17. The summed E-state index contributed by atoms with van der Waals surface area (Å²) in [4.78, 5) is 36.5. The van der Waals surface area contributed by atoms with Gasteiger partial charge in [0, 0.05) is 6.07 Å². The van der Waals surface area contributed by atoms with Crippen molar-refractivity contribution in [3.05, 3.63) is 86.8 Å². The van der Waals surface area contributed by atoms with Crippen LogP contribution in [0.2, 0.25) is 0 Å². The van der Waals surface area contributed by atoms with E-state index in [1.165, 1.54) is 10.7 Å². The molecule has 1 aromatic heterocycles. The molecule has 0 aliphatic carbocycles. The van der Waals surface area contributed by atoms with Gasteiger partial charge in [0.05, 0.1) is 29.8 Å². The van der Waals surface area contributed by atoms with Gasteiger partial charge < -0.3 is 10.4 Å². The van der Waals surface area contributed by atoms with Crippen molar-refractivity contribution >= 4 is 11.9 Å². The minimum absolute atomic E-state index is 0.0185. The minimum Gasteiger partial charge on any atom is -0.481 e. The van der Waals surface area contributed by atoms with E-state index < -0.39 is 23.5 Å². The number of nitrogens with one attached hydrogen (secondary N) is 2. The molecule has 0 fully saturated rings. The monoisotopic (exact) mass is 404 g/mol. The fraction of sp³-hybridized carbons (Fsp3) is 0.182. The number of H-pyrrole nitrogens is 1. The Labute approximate surface area is 172 Å². The molecule has 0 spiro atoms. The van der Waals surface area contributed by atoms with E-state index in [1.54, 1.807) is 24.3 Å². The number of carbonyl (C=O) groups is 2. The number of carboxylic acids is 1. The Morgan fingerprint density at radius 3 is 2.50 bits per heavy atom. The van der Waals surface area contributed by atoms with Gasteiger partial charge in [-0.1, -0.05) is 24.3 Å². The van der Waals surface area contributed by atoms with Crippen LogP contribution >= 0.6 is 0 Å². The summed E-state index contributed by atoms with van der Waals surface area (Å²) in [5.41, 5.74) is 3.04. The Morgan fingerprint density at radius 2 is 1.87 bits per heavy atom. The normalized spacial score (nSPS) is 11.5. The highest BCUT2D eigenvalue weighted by Gasteiger charge is 2.21. The quantitative estimate of drug-likeness (QED) is 0.582. The van der Waals surface area contributed by atoms with Gasteiger partial charge >= 0.3 is 5.97 Å². The third-order valence-electron chi connectivity index (χ3n) is 4.70. The van der Waals surface area contributed by atoms with Crippen LogP contribution in [0.3, 0.4) is 0 Å². The first-order valence-corrected chi connectivity index (χ1v) is 9.21. The Kier molecular flexibility index (Phi) is 5.83. The van der Waals surface area contributed by atoms with E-state index in [9.17, 15) is 19.5 Å². The Morgan fingerprint density at radius 1 is 1.17 bits per heavy atom. The predicted molar refractivity (Wildman–Crippen MR) is 109 cm³/mol. The van der Waals surface area contributed by atoms with Crippen LogP contribution in [0, 0.1) is 25.2 Å². The van der Waals surface area contributed by atoms with E-state index in [0.717, 1.165) is 11.1 Å². The summed E-state index contributed by atoms with van der Waals surface area (Å²) in [5.74, 6) is -1.70. The van der Waals surface area contributed by atoms with Crippen LogP contribution in [0.1, 0.15) is 45.2 Å². The summed E-state index contributed by atoms with van der Waals surface area (Å²) in [5, 5.41) is 23.6. The maximum Gasteiger partial charge on any atom is 0.305 e. The molecule has 8 heteroatoms. The van der Waals surface area contributed by atoms with Crippen LogP contribution in [0.5, 0.6) is 0 Å². The highest BCUT2D eigenvalue weighted by Crippen LogP contribution is 2.19. The van der Waals surface area contributed by atoms with Gasteiger partial charge in [-0.3, -0.25) is 19.5 Å². The number of carboxylic acid groups (broad SMARTS) is 1. The summed E-state index contributed by atoms with van der Waals surface area (Å²) < 4.78 is 1.28. The molecule has 152 valence electrons. The molecule has 0 radical (unpaired) electrons. The SMILES string of the molecule is Cc1ccc(C)c(-n2[nH]c(C(=O)NC(CC(=O)O)c3ccc(C#N)cc3)cc2=O)c1. The molecule has 1 heterocycles. The van der Waals surface area contributed by atoms with Crippen molar-refractivity contribution < 1.29 is 14.7 Å². The molecule has 0 saturated carbocycles. The second-order valence-corrected chi connectivity index (χ2v) is 6.99. The lowest BCUT2D eigenvalue weighted by molar-refractivity contribution is -0.137. The van der Waals surface area contributed by atoms with Crippen molar-refractivity contribution in [3.8, 4) is 11.8 Å². The number of rotatable bonds is 6. The molecule has 0 aliphatic heterocycles. The predicted octanol–water partition coefficient (Wildman–Crippen LogP) is 2.60. The molecule has 1 amide bonds. The second kappa shape index (κ2) is 8.49. The molecule has 1 atom stereocenters. The average Bonchev–Trinajstić information content (AvgIpc) is 3.10. The van der Waals surface area contributed by atoms with E-state index in [0.29, 0.717) is 16.8 Å². The number of aryl methyl sites for hydroxylation is 2. The number of aromatic nitrogens is 2. The van der Waals surface area contributed by atoms with Crippen LogP contribution in [-0.4, -0.2) is 26.8 Å². The Bertz CT molecular complexity index is 1200. The van der Waals surface area contributed by atoms with E-state index in [4.69, 9.17) is 5.26 Å². The van der Waals surface area contributed by atoms with E-state index >= 15 is 0 Å². The molecule has 8 nitrogen and oxygen atoms in total. The molecule has 30 heavy (non-hydrogen) atoms. The molecule has 1 unspecified atom stereocenters. The maximum absolute atomic E-state index is 12.7. The van der Waals surface area contributed by atoms with Crippen LogP contribution in [-0.2, 0) is 4.79 Å². The molecule has 3 aromatic rings. The zero-order valence-corrected chi connectivity index (χ0v) is 16.5. The van der Waals surface area contributed by atoms with E-state index in [1.807, 2.05) is 38.1 Å². The van der Waals surface area contributed by atoms with Crippen molar-refractivity contribution in [3.63, 3.8) is 0 Å². The van der Waals surface area contributed by atoms with Crippen LogP contribution in [0.25, 0.3) is 5.69 Å². The first-order chi connectivity index (χ1) is 14.3. The highest BCUT2D eigenvalue weighted by molar-refractivity contribution is 5.92. The van der Waals surface area contributed by atoms with Crippen molar-refractivity contribution in [1.82, 2.24) is 15.1 Å². The molecule has 3 N–H and O–H groups in total. The Balaban J connectivity index is 1.89. The van der Waals surface area contributed by atoms with Crippen molar-refractivity contribution in [2.24, 2.45) is 0 Å². The maximum atomic E-state index is 12.7. The first kappa shape index (κ1) is 20.6. The summed E-state index contributed by atoms with van der Waals surface area (Å²) in [7, 11) is 0. The molecule has 2 aromatic carbocycles. The largest absolute Gasteiger partial charge is 0.481 e. The topological polar surface area (TPSA) is 128 Å². The summed E-state index contributed by atoms with van der Waals surface area (Å²) in [6.07, 6.45) is -0.348. The van der Waals surface area contributed by atoms with Crippen LogP contribution < -0.4 is 10.9 Å². The average molecular weight is 404 g/mol. The summed E-state index contributed by atoms with van der Waals surface area (Å²) in [6, 6.07) is 14.3. The van der Waals surface area contributed by atoms with Gasteiger partial charge in [0.15, 0.2) is 0 Å². The third kappa shape index (κ3) is 4.47. The van der Waals surface area contributed by atoms with Gasteiger partial charge in [-0.2, -0.15) is 5.26 Å². The number of benzene rings is 2. The van der Waals surface area contributed by atoms with Gasteiger partial charge in [-0.05, 0) is 48.7 Å². The van der Waals surface area contributed by atoms with Crippen LogP contribution in [0.15, 0.2) is 53.3 Å². The summed E-state index contributed by atoms with van der Waals surface area (Å²) >= 11 is 0. The number of amides is 1. The molecule has 0 aliphatic rings. The molecule has 0 saturated heterocycles. The van der Waals surface area contributed by atoms with Crippen LogP contribution in [0.4, 0.5) is 0 Å². The molecule has 3 rings (SSSR count). The zero-order chi connectivity index (χ0) is 21.8. The fourth-order valence-corrected chi connectivity index (χ4v) is 3.10. The van der Waals surface area contributed by atoms with Gasteiger partial charge in [0.2, 0.25) is 0 Å². The lowest BCUT2D eigenvalue weighted by atomic mass is 10.0. The van der Waals surface area contributed by atoms with Crippen molar-refractivity contribution in [1.29, 1.82) is 5.26 Å². The number of aromatic amines is 1. The van der Waals surface area contributed by atoms with Gasteiger partial charge in [0.25, 0.3) is 11.5 Å². The zero-order valence-electron chi connectivity index (χ0n) is 16.5. The number of hydrogen-bond acceptors (Lipinski definition) is 4. The van der Waals surface area contributed by atoms with Crippen molar-refractivity contribution in [2.75, 3.05) is 0 Å². The number of aliphatic carboxylic acids is 1. The standard InChI is InChI=1S/C22H20N4O4/c1-13-3-4-14(2)19(9-13)26-20(27)10-18(25-26)22(30)24-17(11-21(28)29)16-7-5-15(12-23)6-8-16/h3-10,17,25H,11H2,1-2H3,(H,24,30)(H,28,29). The van der Waals surface area contributed by atoms with Gasteiger partial charge in [0.1, 0.15) is 5.69 Å². The number of carbonyl (C=O) groups excluding carboxylic acids is 1. The molecular weight excluding hydrogens is 384 g/mol. The minimum atomic E-state index is -1.09. The lowest BCUT2D eigenvalue weighted by Crippen LogP contribution is -2.30. The fourth-order valence-electron chi connectivity index (χ4n) is 3.10. The van der Waals surface area contributed by atoms with Crippen molar-refractivity contribution in [2.45, 2.75) is 26.3 Å². The first-order valence-electron chi connectivity index (χ1n) is 9.21. The summed E-state index contributed by atoms with van der Waals surface area (Å²) in [6.45, 7) is 3.76. The van der Waals surface area contributed by atoms with E-state index in [2.05, 4.69) is 10.4 Å². The molecule has 0 bridgehead atoms.